The lowest BCUT2D eigenvalue weighted by Crippen LogP contribution is -2.23. The molecular weight excluding hydrogens is 244 g/mol. The Bertz CT molecular complexity index is 542. The first-order chi connectivity index (χ1) is 9.20. The van der Waals surface area contributed by atoms with E-state index in [-0.39, 0.29) is 5.69 Å². The Hall–Kier alpha value is -2.50. The molecule has 1 N–H and O–H groups in total. The van der Waals surface area contributed by atoms with Gasteiger partial charge in [-0.05, 0) is 36.8 Å². The summed E-state index contributed by atoms with van der Waals surface area (Å²) in [5.41, 5.74) is 1.06. The van der Waals surface area contributed by atoms with Crippen molar-refractivity contribution >= 4 is 11.8 Å². The number of aromatic nitrogens is 3. The first-order valence-electron chi connectivity index (χ1n) is 5.91. The predicted octanol–water partition coefficient (Wildman–Crippen LogP) is 1.60. The van der Waals surface area contributed by atoms with Gasteiger partial charge in [0.1, 0.15) is 0 Å². The van der Waals surface area contributed by atoms with Crippen LogP contribution in [0, 0.1) is 0 Å². The Kier molecular flexibility index (Phi) is 4.02. The standard InChI is InChI=1S/C13H14N4O2/c1-2-17(9-10-5-7-14-8-6-10)12-4-3-11(13(18)19)15-16-12/h3-8H,2,9H2,1H3,(H,18,19). The summed E-state index contributed by atoms with van der Waals surface area (Å²) in [6, 6.07) is 6.99. The summed E-state index contributed by atoms with van der Waals surface area (Å²) >= 11 is 0. The molecular formula is C13H14N4O2. The van der Waals surface area contributed by atoms with Gasteiger partial charge in [0.05, 0.1) is 0 Å². The van der Waals surface area contributed by atoms with E-state index in [1.807, 2.05) is 24.0 Å². The summed E-state index contributed by atoms with van der Waals surface area (Å²) in [7, 11) is 0. The van der Waals surface area contributed by atoms with E-state index in [1.165, 1.54) is 6.07 Å². The monoisotopic (exact) mass is 258 g/mol. The van der Waals surface area contributed by atoms with Gasteiger partial charge in [-0.3, -0.25) is 4.98 Å². The lowest BCUT2D eigenvalue weighted by atomic mass is 10.2. The molecule has 6 heteroatoms. The number of hydrogen-bond donors (Lipinski definition) is 1. The van der Waals surface area contributed by atoms with Gasteiger partial charge in [-0.1, -0.05) is 0 Å². The zero-order valence-corrected chi connectivity index (χ0v) is 10.5. The van der Waals surface area contributed by atoms with E-state index in [0.29, 0.717) is 12.4 Å². The van der Waals surface area contributed by atoms with Crippen LogP contribution in [0.2, 0.25) is 0 Å². The Morgan fingerprint density at radius 1 is 1.21 bits per heavy atom. The minimum atomic E-state index is -1.07. The SMILES string of the molecule is CCN(Cc1ccncc1)c1ccc(C(=O)O)nn1. The molecule has 2 aromatic heterocycles. The van der Waals surface area contributed by atoms with E-state index in [9.17, 15) is 4.79 Å². The van der Waals surface area contributed by atoms with Crippen LogP contribution in [0.25, 0.3) is 0 Å². The van der Waals surface area contributed by atoms with Gasteiger partial charge < -0.3 is 10.0 Å². The average molecular weight is 258 g/mol. The third kappa shape index (κ3) is 3.25. The lowest BCUT2D eigenvalue weighted by molar-refractivity contribution is 0.0689. The van der Waals surface area contributed by atoms with E-state index < -0.39 is 5.97 Å². The van der Waals surface area contributed by atoms with E-state index in [1.54, 1.807) is 18.5 Å². The Labute approximate surface area is 110 Å². The number of carboxylic acids is 1. The van der Waals surface area contributed by atoms with Gasteiger partial charge in [-0.15, -0.1) is 10.2 Å². The van der Waals surface area contributed by atoms with Crippen LogP contribution in [-0.2, 0) is 6.54 Å². The molecule has 0 aliphatic carbocycles. The second kappa shape index (κ2) is 5.90. The second-order valence-corrected chi connectivity index (χ2v) is 3.95. The number of aromatic carboxylic acids is 1. The molecule has 98 valence electrons. The van der Waals surface area contributed by atoms with Crippen molar-refractivity contribution in [2.45, 2.75) is 13.5 Å². The molecule has 0 spiro atoms. The zero-order chi connectivity index (χ0) is 13.7. The summed E-state index contributed by atoms with van der Waals surface area (Å²) in [6.07, 6.45) is 3.48. The molecule has 0 amide bonds. The molecule has 0 saturated heterocycles. The van der Waals surface area contributed by atoms with E-state index in [4.69, 9.17) is 5.11 Å². The van der Waals surface area contributed by atoms with Crippen LogP contribution in [0.15, 0.2) is 36.7 Å². The van der Waals surface area contributed by atoms with Crippen molar-refractivity contribution in [3.8, 4) is 0 Å². The minimum Gasteiger partial charge on any atom is -0.476 e. The number of anilines is 1. The highest BCUT2D eigenvalue weighted by molar-refractivity contribution is 5.85. The molecule has 2 aromatic rings. The van der Waals surface area contributed by atoms with E-state index >= 15 is 0 Å². The van der Waals surface area contributed by atoms with Crippen molar-refractivity contribution in [2.24, 2.45) is 0 Å². The maximum Gasteiger partial charge on any atom is 0.356 e. The summed E-state index contributed by atoms with van der Waals surface area (Å²) in [4.78, 5) is 16.7. The molecule has 0 aromatic carbocycles. The first-order valence-corrected chi connectivity index (χ1v) is 5.91. The van der Waals surface area contributed by atoms with Gasteiger partial charge >= 0.3 is 5.97 Å². The van der Waals surface area contributed by atoms with Gasteiger partial charge in [-0.25, -0.2) is 4.79 Å². The molecule has 6 nitrogen and oxygen atoms in total. The van der Waals surface area contributed by atoms with Crippen molar-refractivity contribution in [1.82, 2.24) is 15.2 Å². The van der Waals surface area contributed by atoms with Gasteiger partial charge in [-0.2, -0.15) is 0 Å². The number of nitrogens with zero attached hydrogens (tertiary/aromatic N) is 4. The van der Waals surface area contributed by atoms with Crippen LogP contribution < -0.4 is 4.90 Å². The normalized spacial score (nSPS) is 10.2. The molecule has 0 atom stereocenters. The molecule has 0 bridgehead atoms. The minimum absolute atomic E-state index is 0.0521. The zero-order valence-electron chi connectivity index (χ0n) is 10.5. The largest absolute Gasteiger partial charge is 0.476 e. The van der Waals surface area contributed by atoms with Gasteiger partial charge in [0.15, 0.2) is 11.5 Å². The highest BCUT2D eigenvalue weighted by Crippen LogP contribution is 2.13. The number of pyridine rings is 1. The predicted molar refractivity (Wildman–Crippen MR) is 70.0 cm³/mol. The first kappa shape index (κ1) is 12.9. The van der Waals surface area contributed by atoms with E-state index in [0.717, 1.165) is 12.1 Å². The molecule has 2 heterocycles. The molecule has 2 rings (SSSR count). The van der Waals surface area contributed by atoms with Crippen molar-refractivity contribution in [1.29, 1.82) is 0 Å². The second-order valence-electron chi connectivity index (χ2n) is 3.95. The van der Waals surface area contributed by atoms with Crippen molar-refractivity contribution in [2.75, 3.05) is 11.4 Å². The van der Waals surface area contributed by atoms with Crippen LogP contribution in [0.4, 0.5) is 5.82 Å². The molecule has 0 radical (unpaired) electrons. The van der Waals surface area contributed by atoms with Crippen LogP contribution in [0.1, 0.15) is 23.0 Å². The number of carboxylic acid groups (broad SMARTS) is 1. The number of carbonyl (C=O) groups is 1. The van der Waals surface area contributed by atoms with Crippen LogP contribution in [0.3, 0.4) is 0 Å². The molecule has 0 fully saturated rings. The highest BCUT2D eigenvalue weighted by atomic mass is 16.4. The van der Waals surface area contributed by atoms with Crippen LogP contribution in [-0.4, -0.2) is 32.8 Å². The molecule has 0 aliphatic rings. The van der Waals surface area contributed by atoms with Gasteiger partial charge in [0.2, 0.25) is 0 Å². The third-order valence-corrected chi connectivity index (χ3v) is 2.70. The van der Waals surface area contributed by atoms with Crippen molar-refractivity contribution < 1.29 is 9.90 Å². The number of rotatable bonds is 5. The average Bonchev–Trinajstić information content (AvgIpc) is 2.46. The van der Waals surface area contributed by atoms with Crippen molar-refractivity contribution in [3.05, 3.63) is 47.9 Å². The topological polar surface area (TPSA) is 79.2 Å². The molecule has 19 heavy (non-hydrogen) atoms. The van der Waals surface area contributed by atoms with Crippen molar-refractivity contribution in [3.63, 3.8) is 0 Å². The Morgan fingerprint density at radius 3 is 2.47 bits per heavy atom. The fraction of sp³-hybridized carbons (Fsp3) is 0.231. The van der Waals surface area contributed by atoms with Gasteiger partial charge in [0, 0.05) is 25.5 Å². The fourth-order valence-corrected chi connectivity index (χ4v) is 1.67. The summed E-state index contributed by atoms with van der Waals surface area (Å²) < 4.78 is 0. The maximum atomic E-state index is 10.7. The molecule has 0 unspecified atom stereocenters. The fourth-order valence-electron chi connectivity index (χ4n) is 1.67. The van der Waals surface area contributed by atoms with Crippen LogP contribution >= 0.6 is 0 Å². The Balaban J connectivity index is 2.15. The Morgan fingerprint density at radius 2 is 1.95 bits per heavy atom. The van der Waals surface area contributed by atoms with Gasteiger partial charge in [0.25, 0.3) is 0 Å². The lowest BCUT2D eigenvalue weighted by Gasteiger charge is -2.21. The molecule has 0 aliphatic heterocycles. The maximum absolute atomic E-state index is 10.7. The third-order valence-electron chi connectivity index (χ3n) is 2.70. The summed E-state index contributed by atoms with van der Waals surface area (Å²) in [5.74, 6) is -0.416. The van der Waals surface area contributed by atoms with Crippen LogP contribution in [0.5, 0.6) is 0 Å². The van der Waals surface area contributed by atoms with E-state index in [2.05, 4.69) is 15.2 Å². The quantitative estimate of drug-likeness (QED) is 0.877. The highest BCUT2D eigenvalue weighted by Gasteiger charge is 2.10. The smallest absolute Gasteiger partial charge is 0.356 e. The number of hydrogen-bond acceptors (Lipinski definition) is 5. The summed E-state index contributed by atoms with van der Waals surface area (Å²) in [6.45, 7) is 3.44. The summed E-state index contributed by atoms with van der Waals surface area (Å²) in [5, 5.41) is 16.4. The molecule has 0 saturated carbocycles.